The van der Waals surface area contributed by atoms with Crippen molar-refractivity contribution in [3.8, 4) is 0 Å². The summed E-state index contributed by atoms with van der Waals surface area (Å²) >= 11 is 0. The lowest BCUT2D eigenvalue weighted by Gasteiger charge is -2.14. The van der Waals surface area contributed by atoms with Crippen molar-refractivity contribution in [2.75, 3.05) is 13.1 Å². The molecule has 0 aliphatic heterocycles. The van der Waals surface area contributed by atoms with Gasteiger partial charge in [0.25, 0.3) is 0 Å². The molecule has 23 heavy (non-hydrogen) atoms. The fraction of sp³-hybridized carbons (Fsp3) is 0.529. The number of rotatable bonds is 6. The first kappa shape index (κ1) is 17.3. The number of amides is 2. The molecule has 0 bridgehead atoms. The Balaban J connectivity index is 1.67. The number of aromatic nitrogens is 1. The maximum absolute atomic E-state index is 11.7. The molecule has 0 spiro atoms. The molecule has 1 aliphatic carbocycles. The number of hydrogen-bond acceptors (Lipinski definition) is 3. The topological polar surface area (TPSA) is 83.4 Å². The molecule has 0 saturated carbocycles. The van der Waals surface area contributed by atoms with Crippen LogP contribution in [0.15, 0.2) is 30.0 Å². The standard InChI is InChI=1S/C17H25N3O3/c1-20-11-5-8-14(20)15(21)12-19-17(23)16(22)18-10-9-13-6-3-2-4-7-13/h5-6,8,11,15,21H,2-4,7,9-10,12H2,1H3,(H,18,22)(H,19,23). The zero-order valence-corrected chi connectivity index (χ0v) is 13.5. The van der Waals surface area contributed by atoms with Crippen molar-refractivity contribution < 1.29 is 14.7 Å². The van der Waals surface area contributed by atoms with E-state index in [0.29, 0.717) is 12.2 Å². The van der Waals surface area contributed by atoms with Gasteiger partial charge in [0, 0.05) is 32.0 Å². The Hall–Kier alpha value is -2.08. The van der Waals surface area contributed by atoms with Crippen LogP contribution in [0.3, 0.4) is 0 Å². The monoisotopic (exact) mass is 319 g/mol. The molecule has 0 radical (unpaired) electrons. The molecule has 1 heterocycles. The molecule has 1 aromatic rings. The van der Waals surface area contributed by atoms with Gasteiger partial charge in [0.15, 0.2) is 0 Å². The van der Waals surface area contributed by atoms with Crippen molar-refractivity contribution in [3.63, 3.8) is 0 Å². The van der Waals surface area contributed by atoms with Crippen LogP contribution >= 0.6 is 0 Å². The van der Waals surface area contributed by atoms with Gasteiger partial charge in [-0.15, -0.1) is 0 Å². The van der Waals surface area contributed by atoms with Crippen LogP contribution in [-0.2, 0) is 16.6 Å². The number of aryl methyl sites for hydroxylation is 1. The first-order valence-electron chi connectivity index (χ1n) is 8.11. The minimum atomic E-state index is -0.834. The lowest BCUT2D eigenvalue weighted by molar-refractivity contribution is -0.139. The molecule has 2 amide bonds. The molecule has 1 aliphatic rings. The molecular formula is C17H25N3O3. The molecular weight excluding hydrogens is 294 g/mol. The fourth-order valence-electron chi connectivity index (χ4n) is 2.74. The molecule has 2 rings (SSSR count). The van der Waals surface area contributed by atoms with Crippen molar-refractivity contribution in [3.05, 3.63) is 35.7 Å². The second-order valence-corrected chi connectivity index (χ2v) is 5.88. The Bertz CT molecular complexity index is 577. The molecule has 1 atom stereocenters. The van der Waals surface area contributed by atoms with Crippen LogP contribution in [0.2, 0.25) is 0 Å². The second kappa shape index (κ2) is 8.53. The quantitative estimate of drug-likeness (QED) is 0.544. The van der Waals surface area contributed by atoms with Gasteiger partial charge in [0.2, 0.25) is 0 Å². The number of aliphatic hydroxyl groups is 1. The summed E-state index contributed by atoms with van der Waals surface area (Å²) in [5.41, 5.74) is 2.05. The van der Waals surface area contributed by atoms with Crippen LogP contribution in [-0.4, -0.2) is 34.6 Å². The highest BCUT2D eigenvalue weighted by Crippen LogP contribution is 2.19. The third-order valence-corrected chi connectivity index (χ3v) is 4.10. The zero-order valence-electron chi connectivity index (χ0n) is 13.5. The van der Waals surface area contributed by atoms with Gasteiger partial charge in [-0.2, -0.15) is 0 Å². The van der Waals surface area contributed by atoms with Gasteiger partial charge in [-0.05, 0) is 44.2 Å². The Morgan fingerprint density at radius 2 is 2.09 bits per heavy atom. The number of carbonyl (C=O) groups is 2. The smallest absolute Gasteiger partial charge is 0.309 e. The summed E-state index contributed by atoms with van der Waals surface area (Å²) < 4.78 is 1.77. The highest BCUT2D eigenvalue weighted by molar-refractivity contribution is 6.35. The summed E-state index contributed by atoms with van der Waals surface area (Å²) in [4.78, 5) is 23.4. The zero-order chi connectivity index (χ0) is 16.7. The summed E-state index contributed by atoms with van der Waals surface area (Å²) in [7, 11) is 1.81. The predicted molar refractivity (Wildman–Crippen MR) is 87.6 cm³/mol. The van der Waals surface area contributed by atoms with Crippen molar-refractivity contribution in [2.45, 2.75) is 38.2 Å². The normalized spacial score (nSPS) is 15.7. The molecule has 1 unspecified atom stereocenters. The van der Waals surface area contributed by atoms with Crippen molar-refractivity contribution >= 4 is 11.8 Å². The first-order chi connectivity index (χ1) is 11.1. The minimum Gasteiger partial charge on any atom is -0.385 e. The van der Waals surface area contributed by atoms with Crippen LogP contribution in [0.5, 0.6) is 0 Å². The number of allylic oxidation sites excluding steroid dienone is 1. The summed E-state index contributed by atoms with van der Waals surface area (Å²) in [6, 6.07) is 3.59. The average molecular weight is 319 g/mol. The maximum atomic E-state index is 11.7. The SMILES string of the molecule is Cn1cccc1C(O)CNC(=O)C(=O)NCCC1=CCCCC1. The van der Waals surface area contributed by atoms with Gasteiger partial charge in [-0.3, -0.25) is 9.59 Å². The summed E-state index contributed by atoms with van der Waals surface area (Å²) in [6.45, 7) is 0.480. The van der Waals surface area contributed by atoms with Gasteiger partial charge >= 0.3 is 11.8 Å². The Morgan fingerprint density at radius 1 is 1.30 bits per heavy atom. The van der Waals surface area contributed by atoms with E-state index in [-0.39, 0.29) is 6.54 Å². The molecule has 0 saturated heterocycles. The average Bonchev–Trinajstić information content (AvgIpc) is 2.99. The Kier molecular flexibility index (Phi) is 6.40. The number of nitrogens with zero attached hydrogens (tertiary/aromatic N) is 1. The highest BCUT2D eigenvalue weighted by atomic mass is 16.3. The van der Waals surface area contributed by atoms with Gasteiger partial charge in [-0.1, -0.05) is 11.6 Å². The number of nitrogens with one attached hydrogen (secondary N) is 2. The lowest BCUT2D eigenvalue weighted by Crippen LogP contribution is -2.41. The maximum Gasteiger partial charge on any atom is 0.309 e. The van der Waals surface area contributed by atoms with E-state index in [0.717, 1.165) is 19.3 Å². The van der Waals surface area contributed by atoms with E-state index in [4.69, 9.17) is 0 Å². The van der Waals surface area contributed by atoms with Crippen molar-refractivity contribution in [1.29, 1.82) is 0 Å². The molecule has 3 N–H and O–H groups in total. The number of hydrogen-bond donors (Lipinski definition) is 3. The van der Waals surface area contributed by atoms with Crippen LogP contribution < -0.4 is 10.6 Å². The third-order valence-electron chi connectivity index (χ3n) is 4.10. The predicted octanol–water partition coefficient (Wildman–Crippen LogP) is 1.18. The second-order valence-electron chi connectivity index (χ2n) is 5.88. The minimum absolute atomic E-state index is 0.00919. The number of aliphatic hydroxyl groups excluding tert-OH is 1. The summed E-state index contributed by atoms with van der Waals surface area (Å²) in [5, 5.41) is 15.1. The Labute approximate surface area is 136 Å². The molecule has 6 nitrogen and oxygen atoms in total. The van der Waals surface area contributed by atoms with E-state index in [1.165, 1.54) is 18.4 Å². The van der Waals surface area contributed by atoms with E-state index < -0.39 is 17.9 Å². The Morgan fingerprint density at radius 3 is 2.74 bits per heavy atom. The largest absolute Gasteiger partial charge is 0.385 e. The van der Waals surface area contributed by atoms with E-state index in [2.05, 4.69) is 16.7 Å². The van der Waals surface area contributed by atoms with Gasteiger partial charge in [0.05, 0.1) is 0 Å². The van der Waals surface area contributed by atoms with Crippen LogP contribution in [0.25, 0.3) is 0 Å². The molecule has 0 fully saturated rings. The summed E-state index contributed by atoms with van der Waals surface area (Å²) in [5.74, 6) is -1.36. The van der Waals surface area contributed by atoms with Gasteiger partial charge in [0.1, 0.15) is 6.10 Å². The van der Waals surface area contributed by atoms with E-state index >= 15 is 0 Å². The highest BCUT2D eigenvalue weighted by Gasteiger charge is 2.16. The van der Waals surface area contributed by atoms with E-state index in [1.807, 2.05) is 19.3 Å². The lowest BCUT2D eigenvalue weighted by atomic mass is 9.97. The first-order valence-corrected chi connectivity index (χ1v) is 8.11. The fourth-order valence-corrected chi connectivity index (χ4v) is 2.74. The molecule has 0 aromatic carbocycles. The third kappa shape index (κ3) is 5.25. The van der Waals surface area contributed by atoms with Crippen molar-refractivity contribution in [1.82, 2.24) is 15.2 Å². The van der Waals surface area contributed by atoms with E-state index in [9.17, 15) is 14.7 Å². The molecule has 6 heteroatoms. The summed E-state index contributed by atoms with van der Waals surface area (Å²) in [6.07, 6.45) is 8.65. The van der Waals surface area contributed by atoms with Crippen LogP contribution in [0, 0.1) is 0 Å². The molecule has 1 aromatic heterocycles. The van der Waals surface area contributed by atoms with Crippen LogP contribution in [0.1, 0.15) is 43.9 Å². The van der Waals surface area contributed by atoms with Crippen LogP contribution in [0.4, 0.5) is 0 Å². The molecule has 126 valence electrons. The van der Waals surface area contributed by atoms with Crippen molar-refractivity contribution in [2.24, 2.45) is 7.05 Å². The number of carbonyl (C=O) groups excluding carboxylic acids is 2. The van der Waals surface area contributed by atoms with Gasteiger partial charge in [-0.25, -0.2) is 0 Å². The van der Waals surface area contributed by atoms with E-state index in [1.54, 1.807) is 10.6 Å². The van der Waals surface area contributed by atoms with Gasteiger partial charge < -0.3 is 20.3 Å².